The summed E-state index contributed by atoms with van der Waals surface area (Å²) in [6.07, 6.45) is 7.93. The van der Waals surface area contributed by atoms with E-state index in [9.17, 15) is 4.79 Å². The highest BCUT2D eigenvalue weighted by Gasteiger charge is 2.53. The van der Waals surface area contributed by atoms with Crippen molar-refractivity contribution >= 4 is 5.91 Å². The van der Waals surface area contributed by atoms with Gasteiger partial charge in [-0.2, -0.15) is 0 Å². The minimum Gasteiger partial charge on any atom is -0.493 e. The number of hydrogen-bond acceptors (Lipinski definition) is 5. The average Bonchev–Trinajstić information content (AvgIpc) is 3.14. The molecule has 2 saturated carbocycles. The molecule has 1 atom stereocenters. The van der Waals surface area contributed by atoms with Gasteiger partial charge in [0.05, 0.1) is 7.11 Å². The van der Waals surface area contributed by atoms with E-state index in [1.807, 2.05) is 24.3 Å². The quantitative estimate of drug-likeness (QED) is 0.798. The summed E-state index contributed by atoms with van der Waals surface area (Å²) in [5, 5.41) is 6.89. The van der Waals surface area contributed by atoms with Crippen LogP contribution in [-0.2, 0) is 6.61 Å². The number of nitrogens with one attached hydrogen (secondary N) is 1. The zero-order valence-electron chi connectivity index (χ0n) is 15.7. The van der Waals surface area contributed by atoms with Gasteiger partial charge in [0, 0.05) is 12.6 Å². The first-order valence-electron chi connectivity index (χ1n) is 9.70. The van der Waals surface area contributed by atoms with Gasteiger partial charge in [0.2, 0.25) is 0 Å². The number of rotatable bonds is 7. The molecule has 1 N–H and O–H groups in total. The van der Waals surface area contributed by atoms with Gasteiger partial charge in [0.25, 0.3) is 5.91 Å². The molecule has 4 rings (SSSR count). The molecule has 144 valence electrons. The summed E-state index contributed by atoms with van der Waals surface area (Å²) in [7, 11) is 1.59. The number of methoxy groups -OCH3 is 1. The van der Waals surface area contributed by atoms with Crippen LogP contribution in [0.25, 0.3) is 0 Å². The van der Waals surface area contributed by atoms with E-state index in [2.05, 4.69) is 10.5 Å². The number of amides is 1. The van der Waals surface area contributed by atoms with Crippen LogP contribution in [0.15, 0.2) is 34.9 Å². The first-order chi connectivity index (χ1) is 13.2. The largest absolute Gasteiger partial charge is 0.493 e. The molecule has 1 unspecified atom stereocenters. The highest BCUT2D eigenvalue weighted by atomic mass is 16.5. The van der Waals surface area contributed by atoms with Crippen molar-refractivity contribution in [3.8, 4) is 11.5 Å². The second kappa shape index (κ2) is 7.62. The van der Waals surface area contributed by atoms with Gasteiger partial charge < -0.3 is 19.3 Å². The highest BCUT2D eigenvalue weighted by Crippen LogP contribution is 2.60. The Morgan fingerprint density at radius 3 is 2.81 bits per heavy atom. The zero-order valence-corrected chi connectivity index (χ0v) is 15.7. The molecule has 1 amide bonds. The number of nitrogens with zero attached hydrogens (tertiary/aromatic N) is 1. The number of carbonyl (C=O) groups excluding carboxylic acids is 1. The molecule has 1 spiro atoms. The van der Waals surface area contributed by atoms with E-state index in [-0.39, 0.29) is 12.5 Å². The molecule has 0 radical (unpaired) electrons. The van der Waals surface area contributed by atoms with Crippen molar-refractivity contribution in [3.63, 3.8) is 0 Å². The monoisotopic (exact) mass is 370 g/mol. The van der Waals surface area contributed by atoms with Gasteiger partial charge in [-0.1, -0.05) is 36.6 Å². The summed E-state index contributed by atoms with van der Waals surface area (Å²) in [6.45, 7) is 0.922. The molecule has 2 aromatic rings. The Labute approximate surface area is 159 Å². The Morgan fingerprint density at radius 2 is 2.04 bits per heavy atom. The maximum absolute atomic E-state index is 12.3. The van der Waals surface area contributed by atoms with Gasteiger partial charge in [-0.05, 0) is 42.7 Å². The fourth-order valence-corrected chi connectivity index (χ4v) is 4.27. The Hall–Kier alpha value is -2.50. The van der Waals surface area contributed by atoms with E-state index >= 15 is 0 Å². The van der Waals surface area contributed by atoms with Crippen LogP contribution in [0.5, 0.6) is 11.5 Å². The maximum Gasteiger partial charge on any atom is 0.273 e. The van der Waals surface area contributed by atoms with Crippen molar-refractivity contribution < 1.29 is 18.8 Å². The molecule has 2 fully saturated rings. The van der Waals surface area contributed by atoms with Gasteiger partial charge in [-0.25, -0.2) is 0 Å². The molecule has 2 aliphatic carbocycles. The first kappa shape index (κ1) is 17.9. The standard InChI is InChI=1S/C21H26N2O4/c1-25-18-7-3-4-8-19(18)26-14-16-11-17(23-27-16)20(24)22-13-15-12-21(15)9-5-2-6-10-21/h3-4,7-8,11,15H,2,5-6,9-10,12-14H2,1H3,(H,22,24). The molecule has 27 heavy (non-hydrogen) atoms. The lowest BCUT2D eigenvalue weighted by Crippen LogP contribution is -2.27. The SMILES string of the molecule is COc1ccccc1OCc1cc(C(=O)NCC2CC23CCCCC3)no1. The van der Waals surface area contributed by atoms with E-state index in [0.717, 1.165) is 6.54 Å². The van der Waals surface area contributed by atoms with E-state index in [0.29, 0.717) is 34.3 Å². The fraction of sp³-hybridized carbons (Fsp3) is 0.524. The number of benzene rings is 1. The van der Waals surface area contributed by atoms with E-state index in [1.54, 1.807) is 13.2 Å². The summed E-state index contributed by atoms with van der Waals surface area (Å²) in [6, 6.07) is 9.02. The van der Waals surface area contributed by atoms with Crippen LogP contribution in [0.1, 0.15) is 54.8 Å². The Balaban J connectivity index is 1.27. The minimum absolute atomic E-state index is 0.180. The lowest BCUT2D eigenvalue weighted by atomic mass is 9.84. The fourth-order valence-electron chi connectivity index (χ4n) is 4.27. The predicted octanol–water partition coefficient (Wildman–Crippen LogP) is 3.96. The van der Waals surface area contributed by atoms with Crippen LogP contribution in [-0.4, -0.2) is 24.7 Å². The highest BCUT2D eigenvalue weighted by molar-refractivity contribution is 5.92. The average molecular weight is 370 g/mol. The third-order valence-electron chi connectivity index (χ3n) is 5.95. The molecule has 2 aliphatic rings. The van der Waals surface area contributed by atoms with E-state index in [1.165, 1.54) is 38.5 Å². The smallest absolute Gasteiger partial charge is 0.273 e. The van der Waals surface area contributed by atoms with Gasteiger partial charge in [-0.3, -0.25) is 4.79 Å². The molecule has 6 nitrogen and oxygen atoms in total. The van der Waals surface area contributed by atoms with Crippen molar-refractivity contribution in [2.45, 2.75) is 45.1 Å². The summed E-state index contributed by atoms with van der Waals surface area (Å²) in [5.41, 5.74) is 0.815. The first-order valence-corrected chi connectivity index (χ1v) is 9.70. The van der Waals surface area contributed by atoms with Crippen molar-refractivity contribution in [1.29, 1.82) is 0 Å². The van der Waals surface area contributed by atoms with Crippen LogP contribution in [0.2, 0.25) is 0 Å². The van der Waals surface area contributed by atoms with Crippen molar-refractivity contribution in [1.82, 2.24) is 10.5 Å². The lowest BCUT2D eigenvalue weighted by molar-refractivity contribution is 0.0939. The maximum atomic E-state index is 12.3. The molecular formula is C21H26N2O4. The van der Waals surface area contributed by atoms with Gasteiger partial charge >= 0.3 is 0 Å². The second-order valence-corrected chi connectivity index (χ2v) is 7.65. The van der Waals surface area contributed by atoms with Crippen molar-refractivity contribution in [2.75, 3.05) is 13.7 Å². The summed E-state index contributed by atoms with van der Waals surface area (Å²) < 4.78 is 16.2. The molecule has 1 heterocycles. The molecule has 0 aliphatic heterocycles. The van der Waals surface area contributed by atoms with Crippen LogP contribution < -0.4 is 14.8 Å². The Bertz CT molecular complexity index is 795. The van der Waals surface area contributed by atoms with Crippen LogP contribution in [0.3, 0.4) is 0 Å². The Kier molecular flexibility index (Phi) is 5.05. The molecule has 1 aromatic heterocycles. The third-order valence-corrected chi connectivity index (χ3v) is 5.95. The normalized spacial score (nSPS) is 20.3. The van der Waals surface area contributed by atoms with E-state index < -0.39 is 0 Å². The minimum atomic E-state index is -0.180. The molecule has 1 aromatic carbocycles. The summed E-state index contributed by atoms with van der Waals surface area (Å²) >= 11 is 0. The number of para-hydroxylation sites is 2. The summed E-state index contributed by atoms with van der Waals surface area (Å²) in [5.74, 6) is 2.22. The molecule has 0 bridgehead atoms. The van der Waals surface area contributed by atoms with Crippen molar-refractivity contribution in [3.05, 3.63) is 41.8 Å². The second-order valence-electron chi connectivity index (χ2n) is 7.65. The predicted molar refractivity (Wildman–Crippen MR) is 99.8 cm³/mol. The number of ether oxygens (including phenoxy) is 2. The molecule has 6 heteroatoms. The zero-order chi connectivity index (χ0) is 18.7. The number of carbonyl (C=O) groups is 1. The van der Waals surface area contributed by atoms with Gasteiger partial charge in [0.15, 0.2) is 23.0 Å². The lowest BCUT2D eigenvalue weighted by Gasteiger charge is -2.22. The number of hydrogen-bond donors (Lipinski definition) is 1. The summed E-state index contributed by atoms with van der Waals surface area (Å²) in [4.78, 5) is 12.3. The van der Waals surface area contributed by atoms with E-state index in [4.69, 9.17) is 14.0 Å². The molecular weight excluding hydrogens is 344 g/mol. The van der Waals surface area contributed by atoms with Crippen molar-refractivity contribution in [2.24, 2.45) is 11.3 Å². The van der Waals surface area contributed by atoms with Gasteiger partial charge in [0.1, 0.15) is 6.61 Å². The van der Waals surface area contributed by atoms with Crippen LogP contribution in [0.4, 0.5) is 0 Å². The van der Waals surface area contributed by atoms with Crippen LogP contribution in [0, 0.1) is 11.3 Å². The van der Waals surface area contributed by atoms with Crippen LogP contribution >= 0.6 is 0 Å². The third kappa shape index (κ3) is 3.94. The Morgan fingerprint density at radius 1 is 1.26 bits per heavy atom. The topological polar surface area (TPSA) is 73.6 Å². The number of aromatic nitrogens is 1. The van der Waals surface area contributed by atoms with Gasteiger partial charge in [-0.15, -0.1) is 0 Å². The molecule has 0 saturated heterocycles.